The standard InChI is InChI=1S/C25H28N4OS/c1-19(17-20-7-3-2-4-8-20)18-29-14-10-21(11-15-29)23(25-27-13-16-31-25)28-24(30)22-9-5-6-12-26-22/h2-9,12-13,16-17,21,23H,10-11,14-15,18H2,1H3,(H,28,30)/b19-17+. The molecule has 2 aromatic heterocycles. The van der Waals surface area contributed by atoms with E-state index in [0.717, 1.165) is 37.5 Å². The highest BCUT2D eigenvalue weighted by Crippen LogP contribution is 2.32. The van der Waals surface area contributed by atoms with Gasteiger partial charge in [-0.1, -0.05) is 48.0 Å². The molecule has 1 amide bonds. The van der Waals surface area contributed by atoms with Gasteiger partial charge in [-0.2, -0.15) is 0 Å². The lowest BCUT2D eigenvalue weighted by Gasteiger charge is -2.35. The predicted molar refractivity (Wildman–Crippen MR) is 126 cm³/mol. The fraction of sp³-hybridized carbons (Fsp3) is 0.320. The topological polar surface area (TPSA) is 58.1 Å². The third-order valence-corrected chi connectivity index (χ3v) is 6.55. The molecule has 0 aliphatic carbocycles. The summed E-state index contributed by atoms with van der Waals surface area (Å²) in [5.74, 6) is 0.235. The number of carbonyl (C=O) groups is 1. The van der Waals surface area contributed by atoms with Gasteiger partial charge in [0.1, 0.15) is 10.7 Å². The minimum absolute atomic E-state index is 0.0717. The van der Waals surface area contributed by atoms with Gasteiger partial charge in [0.15, 0.2) is 0 Å². The molecule has 1 aliphatic heterocycles. The Kier molecular flexibility index (Phi) is 7.22. The van der Waals surface area contributed by atoms with Crippen LogP contribution in [-0.4, -0.2) is 40.4 Å². The highest BCUT2D eigenvalue weighted by atomic mass is 32.1. The zero-order valence-electron chi connectivity index (χ0n) is 17.8. The summed E-state index contributed by atoms with van der Waals surface area (Å²) in [7, 11) is 0. The Morgan fingerprint density at radius 3 is 2.58 bits per heavy atom. The number of nitrogens with one attached hydrogen (secondary N) is 1. The smallest absolute Gasteiger partial charge is 0.270 e. The van der Waals surface area contributed by atoms with Crippen molar-refractivity contribution in [2.24, 2.45) is 5.92 Å². The molecule has 1 fully saturated rings. The zero-order chi connectivity index (χ0) is 21.5. The molecule has 0 radical (unpaired) electrons. The molecule has 0 saturated carbocycles. The Balaban J connectivity index is 1.37. The first-order chi connectivity index (χ1) is 15.2. The molecule has 1 unspecified atom stereocenters. The number of aromatic nitrogens is 2. The normalized spacial score (nSPS) is 16.7. The minimum Gasteiger partial charge on any atom is -0.341 e. The quantitative estimate of drug-likeness (QED) is 0.581. The SMILES string of the molecule is C/C(=C\c1ccccc1)CN1CCC(C(NC(=O)c2ccccn2)c2nccs2)CC1. The van der Waals surface area contributed by atoms with Crippen LogP contribution >= 0.6 is 11.3 Å². The van der Waals surface area contributed by atoms with Gasteiger partial charge in [-0.25, -0.2) is 4.98 Å². The van der Waals surface area contributed by atoms with Crippen LogP contribution in [0.3, 0.4) is 0 Å². The monoisotopic (exact) mass is 432 g/mol. The third kappa shape index (κ3) is 5.87. The first-order valence-corrected chi connectivity index (χ1v) is 11.6. The lowest BCUT2D eigenvalue weighted by atomic mass is 9.89. The molecule has 1 saturated heterocycles. The number of nitrogens with zero attached hydrogens (tertiary/aromatic N) is 3. The summed E-state index contributed by atoms with van der Waals surface area (Å²) >= 11 is 1.61. The Bertz CT molecular complexity index is 981. The second-order valence-corrected chi connectivity index (χ2v) is 8.98. The van der Waals surface area contributed by atoms with E-state index in [1.165, 1.54) is 11.1 Å². The van der Waals surface area contributed by atoms with Crippen LogP contribution < -0.4 is 5.32 Å². The molecule has 1 aromatic carbocycles. The lowest BCUT2D eigenvalue weighted by molar-refractivity contribution is 0.0891. The first-order valence-electron chi connectivity index (χ1n) is 10.7. The second kappa shape index (κ2) is 10.5. The van der Waals surface area contributed by atoms with Crippen LogP contribution in [0.4, 0.5) is 0 Å². The van der Waals surface area contributed by atoms with Crippen LogP contribution in [0.25, 0.3) is 6.08 Å². The van der Waals surface area contributed by atoms with E-state index < -0.39 is 0 Å². The van der Waals surface area contributed by atoms with Gasteiger partial charge in [0.05, 0.1) is 6.04 Å². The number of piperidine rings is 1. The molecule has 160 valence electrons. The van der Waals surface area contributed by atoms with Gasteiger partial charge >= 0.3 is 0 Å². The van der Waals surface area contributed by atoms with E-state index in [0.29, 0.717) is 11.6 Å². The molecule has 5 nitrogen and oxygen atoms in total. The summed E-state index contributed by atoms with van der Waals surface area (Å²) < 4.78 is 0. The van der Waals surface area contributed by atoms with Crippen LogP contribution in [0, 0.1) is 5.92 Å². The van der Waals surface area contributed by atoms with Gasteiger partial charge in [-0.3, -0.25) is 14.7 Å². The van der Waals surface area contributed by atoms with E-state index >= 15 is 0 Å². The van der Waals surface area contributed by atoms with Crippen molar-refractivity contribution in [3.8, 4) is 0 Å². The number of benzene rings is 1. The maximum absolute atomic E-state index is 12.8. The van der Waals surface area contributed by atoms with Crippen molar-refractivity contribution in [2.75, 3.05) is 19.6 Å². The number of hydrogen-bond donors (Lipinski definition) is 1. The average Bonchev–Trinajstić information content (AvgIpc) is 3.34. The van der Waals surface area contributed by atoms with Gasteiger partial charge in [-0.05, 0) is 56.5 Å². The molecular weight excluding hydrogens is 404 g/mol. The number of thiazole rings is 1. The summed E-state index contributed by atoms with van der Waals surface area (Å²) in [6, 6.07) is 15.8. The summed E-state index contributed by atoms with van der Waals surface area (Å²) in [4.78, 5) is 24.0. The van der Waals surface area contributed by atoms with E-state index in [1.807, 2.05) is 29.8 Å². The highest BCUT2D eigenvalue weighted by Gasteiger charge is 2.31. The average molecular weight is 433 g/mol. The number of pyridine rings is 1. The lowest BCUT2D eigenvalue weighted by Crippen LogP contribution is -2.41. The van der Waals surface area contributed by atoms with Crippen molar-refractivity contribution in [1.29, 1.82) is 0 Å². The van der Waals surface area contributed by atoms with Crippen molar-refractivity contribution in [2.45, 2.75) is 25.8 Å². The molecular formula is C25H28N4OS. The van der Waals surface area contributed by atoms with Crippen molar-refractivity contribution >= 4 is 23.3 Å². The summed E-state index contributed by atoms with van der Waals surface area (Å²) in [5, 5.41) is 6.16. The first kappa shape index (κ1) is 21.4. The number of likely N-dealkylation sites (tertiary alicyclic amines) is 1. The van der Waals surface area contributed by atoms with Crippen LogP contribution in [0.1, 0.15) is 46.9 Å². The second-order valence-electron chi connectivity index (χ2n) is 8.05. The fourth-order valence-electron chi connectivity index (χ4n) is 4.16. The van der Waals surface area contributed by atoms with Gasteiger partial charge in [-0.15, -0.1) is 11.3 Å². The van der Waals surface area contributed by atoms with Crippen LogP contribution in [0.15, 0.2) is 71.9 Å². The Morgan fingerprint density at radius 2 is 1.90 bits per heavy atom. The highest BCUT2D eigenvalue weighted by molar-refractivity contribution is 7.09. The van der Waals surface area contributed by atoms with Gasteiger partial charge < -0.3 is 5.32 Å². The fourth-order valence-corrected chi connectivity index (χ4v) is 4.94. The van der Waals surface area contributed by atoms with E-state index in [2.05, 4.69) is 57.4 Å². The maximum Gasteiger partial charge on any atom is 0.270 e. The Morgan fingerprint density at radius 1 is 1.13 bits per heavy atom. The van der Waals surface area contributed by atoms with Crippen molar-refractivity contribution in [3.05, 3.63) is 88.1 Å². The molecule has 3 aromatic rings. The molecule has 31 heavy (non-hydrogen) atoms. The summed E-state index contributed by atoms with van der Waals surface area (Å²) in [6.07, 6.45) is 7.79. The summed E-state index contributed by atoms with van der Waals surface area (Å²) in [6.45, 7) is 5.21. The molecule has 6 heteroatoms. The predicted octanol–water partition coefficient (Wildman–Crippen LogP) is 4.82. The zero-order valence-corrected chi connectivity index (χ0v) is 18.6. The molecule has 3 heterocycles. The van der Waals surface area contributed by atoms with Gasteiger partial charge in [0, 0.05) is 24.3 Å². The molecule has 1 N–H and O–H groups in total. The van der Waals surface area contributed by atoms with Crippen LogP contribution in [0.2, 0.25) is 0 Å². The van der Waals surface area contributed by atoms with E-state index in [1.54, 1.807) is 23.6 Å². The number of rotatable bonds is 7. The summed E-state index contributed by atoms with van der Waals surface area (Å²) in [5.41, 5.74) is 3.06. The number of amides is 1. The molecule has 1 atom stereocenters. The molecule has 4 rings (SSSR count). The molecule has 1 aliphatic rings. The minimum atomic E-state index is -0.134. The molecule has 0 spiro atoms. The van der Waals surface area contributed by atoms with E-state index in [9.17, 15) is 4.79 Å². The largest absolute Gasteiger partial charge is 0.341 e. The maximum atomic E-state index is 12.8. The van der Waals surface area contributed by atoms with Crippen molar-refractivity contribution in [1.82, 2.24) is 20.2 Å². The van der Waals surface area contributed by atoms with Crippen LogP contribution in [0.5, 0.6) is 0 Å². The Labute approximate surface area is 187 Å². The number of carbonyl (C=O) groups excluding carboxylic acids is 1. The third-order valence-electron chi connectivity index (χ3n) is 5.69. The van der Waals surface area contributed by atoms with E-state index in [-0.39, 0.29) is 11.9 Å². The molecule has 0 bridgehead atoms. The van der Waals surface area contributed by atoms with Crippen LogP contribution in [-0.2, 0) is 0 Å². The van der Waals surface area contributed by atoms with Crippen molar-refractivity contribution < 1.29 is 4.79 Å². The van der Waals surface area contributed by atoms with Gasteiger partial charge in [0.2, 0.25) is 0 Å². The Hall–Kier alpha value is -2.83. The van der Waals surface area contributed by atoms with Crippen molar-refractivity contribution in [3.63, 3.8) is 0 Å². The number of hydrogen-bond acceptors (Lipinski definition) is 5. The van der Waals surface area contributed by atoms with Gasteiger partial charge in [0.25, 0.3) is 5.91 Å². The van der Waals surface area contributed by atoms with E-state index in [4.69, 9.17) is 0 Å².